The Morgan fingerprint density at radius 3 is 2.70 bits per heavy atom. The lowest BCUT2D eigenvalue weighted by molar-refractivity contribution is 0.172. The number of rotatable bonds is 5. The average Bonchev–Trinajstić information content (AvgIpc) is 2.69. The van der Waals surface area contributed by atoms with E-state index in [9.17, 15) is 5.11 Å². The molecule has 2 aromatic rings. The monoisotopic (exact) mass is 356 g/mol. The summed E-state index contributed by atoms with van der Waals surface area (Å²) in [6.45, 7) is 4.80. The van der Waals surface area contributed by atoms with Crippen molar-refractivity contribution in [3.05, 3.63) is 50.7 Å². The maximum Gasteiger partial charge on any atom is 0.0738 e. The summed E-state index contributed by atoms with van der Waals surface area (Å²) in [5.41, 5.74) is 2.95. The number of hydrogen-bond acceptors (Lipinski definition) is 2. The number of benzene rings is 1. The summed E-state index contributed by atoms with van der Waals surface area (Å²) in [5, 5.41) is 15.5. The van der Waals surface area contributed by atoms with E-state index in [1.165, 1.54) is 0 Å². The van der Waals surface area contributed by atoms with Gasteiger partial charge in [0.25, 0.3) is 0 Å². The lowest BCUT2D eigenvalue weighted by Crippen LogP contribution is -2.17. The molecule has 0 saturated heterocycles. The Bertz CT molecular complexity index is 598. The van der Waals surface area contributed by atoms with Crippen LogP contribution in [0.3, 0.4) is 0 Å². The van der Waals surface area contributed by atoms with Gasteiger partial charge in [0.2, 0.25) is 0 Å². The van der Waals surface area contributed by atoms with E-state index in [-0.39, 0.29) is 0 Å². The van der Waals surface area contributed by atoms with Gasteiger partial charge in [-0.2, -0.15) is 5.10 Å². The molecule has 5 heteroatoms. The van der Waals surface area contributed by atoms with E-state index in [2.05, 4.69) is 21.0 Å². The second-order valence-corrected chi connectivity index (χ2v) is 6.02. The van der Waals surface area contributed by atoms with E-state index in [0.29, 0.717) is 17.9 Å². The minimum absolute atomic E-state index is 0.479. The van der Waals surface area contributed by atoms with Crippen molar-refractivity contribution in [1.29, 1.82) is 0 Å². The molecule has 0 aliphatic rings. The van der Waals surface area contributed by atoms with E-state index >= 15 is 0 Å². The van der Waals surface area contributed by atoms with Gasteiger partial charge in [-0.05, 0) is 41.4 Å². The molecule has 0 bridgehead atoms. The predicted octanol–water partition coefficient (Wildman–Crippen LogP) is 3.77. The van der Waals surface area contributed by atoms with Crippen LogP contribution in [0, 0.1) is 6.92 Å². The van der Waals surface area contributed by atoms with Crippen molar-refractivity contribution in [3.63, 3.8) is 0 Å². The lowest BCUT2D eigenvalue weighted by Gasteiger charge is -2.13. The number of aryl methyl sites for hydroxylation is 2. The first kappa shape index (κ1) is 15.5. The topological polar surface area (TPSA) is 38.0 Å². The molecule has 0 aliphatic carbocycles. The summed E-state index contributed by atoms with van der Waals surface area (Å²) in [5.74, 6) is 0. The first-order valence-electron chi connectivity index (χ1n) is 6.66. The van der Waals surface area contributed by atoms with Crippen LogP contribution in [-0.2, 0) is 19.4 Å². The third-order valence-corrected chi connectivity index (χ3v) is 4.70. The number of aliphatic hydroxyl groups is 1. The second kappa shape index (κ2) is 6.74. The Hall–Kier alpha value is -0.840. The van der Waals surface area contributed by atoms with Crippen LogP contribution < -0.4 is 0 Å². The SMILES string of the molecule is CCn1nc(C)c(Br)c1CC(O)Cc1ccccc1Cl. The van der Waals surface area contributed by atoms with Gasteiger partial charge in [0.1, 0.15) is 0 Å². The molecule has 108 valence electrons. The van der Waals surface area contributed by atoms with Crippen molar-refractivity contribution in [2.75, 3.05) is 0 Å². The molecule has 0 amide bonds. The van der Waals surface area contributed by atoms with Gasteiger partial charge in [0.15, 0.2) is 0 Å². The van der Waals surface area contributed by atoms with Gasteiger partial charge in [-0.25, -0.2) is 0 Å². The number of aromatic nitrogens is 2. The molecule has 1 atom stereocenters. The average molecular weight is 358 g/mol. The van der Waals surface area contributed by atoms with Gasteiger partial charge in [-0.15, -0.1) is 0 Å². The minimum Gasteiger partial charge on any atom is -0.392 e. The second-order valence-electron chi connectivity index (χ2n) is 4.82. The summed E-state index contributed by atoms with van der Waals surface area (Å²) >= 11 is 9.68. The predicted molar refractivity (Wildman–Crippen MR) is 85.2 cm³/mol. The molecule has 2 rings (SSSR count). The van der Waals surface area contributed by atoms with Crippen LogP contribution in [0.2, 0.25) is 5.02 Å². The highest BCUT2D eigenvalue weighted by atomic mass is 79.9. The van der Waals surface area contributed by atoms with Crippen LogP contribution >= 0.6 is 27.5 Å². The Labute approximate surface area is 132 Å². The molecular formula is C15H18BrClN2O. The van der Waals surface area contributed by atoms with Gasteiger partial charge >= 0.3 is 0 Å². The molecule has 1 N–H and O–H groups in total. The molecule has 3 nitrogen and oxygen atoms in total. The molecular weight excluding hydrogens is 340 g/mol. The van der Waals surface area contributed by atoms with Crippen molar-refractivity contribution >= 4 is 27.5 Å². The maximum atomic E-state index is 10.3. The van der Waals surface area contributed by atoms with E-state index in [1.54, 1.807) is 0 Å². The highest BCUT2D eigenvalue weighted by Gasteiger charge is 2.17. The van der Waals surface area contributed by atoms with Crippen LogP contribution in [0.5, 0.6) is 0 Å². The first-order valence-corrected chi connectivity index (χ1v) is 7.83. The fourth-order valence-corrected chi connectivity index (χ4v) is 2.94. The zero-order valence-corrected chi connectivity index (χ0v) is 13.9. The molecule has 1 aromatic carbocycles. The zero-order valence-electron chi connectivity index (χ0n) is 11.6. The van der Waals surface area contributed by atoms with Crippen LogP contribution in [0.1, 0.15) is 23.9 Å². The molecule has 1 unspecified atom stereocenters. The van der Waals surface area contributed by atoms with Gasteiger partial charge in [-0.1, -0.05) is 29.8 Å². The summed E-state index contributed by atoms with van der Waals surface area (Å²) < 4.78 is 2.91. The standard InChI is InChI=1S/C15H18BrClN2O/c1-3-19-14(15(16)10(2)18-19)9-12(20)8-11-6-4-5-7-13(11)17/h4-7,12,20H,3,8-9H2,1-2H3. The number of nitrogens with zero attached hydrogens (tertiary/aromatic N) is 2. The van der Waals surface area contributed by atoms with Crippen molar-refractivity contribution in [2.45, 2.75) is 39.3 Å². The Morgan fingerprint density at radius 1 is 1.35 bits per heavy atom. The van der Waals surface area contributed by atoms with Gasteiger partial charge in [0.05, 0.1) is 22.0 Å². The normalized spacial score (nSPS) is 12.7. The Morgan fingerprint density at radius 2 is 2.05 bits per heavy atom. The summed E-state index contributed by atoms with van der Waals surface area (Å²) in [6, 6.07) is 7.62. The fourth-order valence-electron chi connectivity index (χ4n) is 2.28. The number of hydrogen-bond donors (Lipinski definition) is 1. The molecule has 0 fully saturated rings. The van der Waals surface area contributed by atoms with Crippen LogP contribution in [-0.4, -0.2) is 21.0 Å². The maximum absolute atomic E-state index is 10.3. The first-order chi connectivity index (χ1) is 9.52. The molecule has 20 heavy (non-hydrogen) atoms. The quantitative estimate of drug-likeness (QED) is 0.884. The summed E-state index contributed by atoms with van der Waals surface area (Å²) in [4.78, 5) is 0. The van der Waals surface area contributed by atoms with Crippen molar-refractivity contribution < 1.29 is 5.11 Å². The van der Waals surface area contributed by atoms with Gasteiger partial charge in [-0.3, -0.25) is 4.68 Å². The summed E-state index contributed by atoms with van der Waals surface area (Å²) in [7, 11) is 0. The van der Waals surface area contributed by atoms with E-state index in [1.807, 2.05) is 42.8 Å². The summed E-state index contributed by atoms with van der Waals surface area (Å²) in [6.07, 6.45) is 0.619. The largest absolute Gasteiger partial charge is 0.392 e. The van der Waals surface area contributed by atoms with Gasteiger partial charge in [0, 0.05) is 24.4 Å². The fraction of sp³-hybridized carbons (Fsp3) is 0.400. The highest BCUT2D eigenvalue weighted by Crippen LogP contribution is 2.24. The van der Waals surface area contributed by atoms with Gasteiger partial charge < -0.3 is 5.11 Å². The zero-order chi connectivity index (χ0) is 14.7. The smallest absolute Gasteiger partial charge is 0.0738 e. The molecule has 0 radical (unpaired) electrons. The third kappa shape index (κ3) is 3.43. The lowest BCUT2D eigenvalue weighted by atomic mass is 10.0. The number of aliphatic hydroxyl groups excluding tert-OH is 1. The van der Waals surface area contributed by atoms with Crippen LogP contribution in [0.15, 0.2) is 28.7 Å². The molecule has 0 spiro atoms. The molecule has 1 heterocycles. The molecule has 0 saturated carbocycles. The van der Waals surface area contributed by atoms with Crippen molar-refractivity contribution in [3.8, 4) is 0 Å². The van der Waals surface area contributed by atoms with Crippen molar-refractivity contribution in [2.24, 2.45) is 0 Å². The number of halogens is 2. The third-order valence-electron chi connectivity index (χ3n) is 3.30. The van der Waals surface area contributed by atoms with E-state index in [0.717, 1.165) is 28.0 Å². The van der Waals surface area contributed by atoms with Crippen LogP contribution in [0.4, 0.5) is 0 Å². The van der Waals surface area contributed by atoms with E-state index < -0.39 is 6.10 Å². The highest BCUT2D eigenvalue weighted by molar-refractivity contribution is 9.10. The minimum atomic E-state index is -0.479. The molecule has 0 aliphatic heterocycles. The molecule has 1 aromatic heterocycles. The van der Waals surface area contributed by atoms with E-state index in [4.69, 9.17) is 11.6 Å². The Balaban J connectivity index is 2.12. The Kier molecular flexibility index (Phi) is 5.24. The van der Waals surface area contributed by atoms with Crippen LogP contribution in [0.25, 0.3) is 0 Å². The van der Waals surface area contributed by atoms with Crippen molar-refractivity contribution in [1.82, 2.24) is 9.78 Å².